The monoisotopic (exact) mass is 874 g/mol. The molecule has 0 atom stereocenters. The third kappa shape index (κ3) is 6.71. The number of hydrogen-bond donors (Lipinski definition) is 0. The number of aromatic nitrogens is 6. The van der Waals surface area contributed by atoms with Crippen molar-refractivity contribution in [3.05, 3.63) is 231 Å². The Kier molecular flexibility index (Phi) is 9.25. The predicted molar refractivity (Wildman–Crippen MR) is 277 cm³/mol. The van der Waals surface area contributed by atoms with Gasteiger partial charge in [0, 0.05) is 43.8 Å². The fourth-order valence-electron chi connectivity index (χ4n) is 9.61. The van der Waals surface area contributed by atoms with E-state index in [0.717, 1.165) is 121 Å². The third-order valence-electron chi connectivity index (χ3n) is 12.7. The molecule has 0 amide bonds. The topological polar surface area (TPSA) is 61.4 Å². The molecule has 0 bridgehead atoms. The molecule has 0 fully saturated rings. The number of benzene rings is 8. The Labute approximate surface area is 390 Å². The summed E-state index contributed by atoms with van der Waals surface area (Å²) in [6.45, 7) is 0. The molecule has 13 rings (SSSR count). The van der Waals surface area contributed by atoms with Gasteiger partial charge in [-0.05, 0) is 70.8 Å². The third-order valence-corrected chi connectivity index (χ3v) is 13.7. The molecule has 5 heterocycles. The first-order valence-electron chi connectivity index (χ1n) is 22.4. The van der Waals surface area contributed by atoms with Crippen LogP contribution in [0, 0.1) is 0 Å². The minimum atomic E-state index is 0.843. The molecule has 314 valence electrons. The summed E-state index contributed by atoms with van der Waals surface area (Å²) in [4.78, 5) is 10.7. The van der Waals surface area contributed by atoms with Crippen LogP contribution in [0.2, 0.25) is 0 Å². The van der Waals surface area contributed by atoms with Crippen molar-refractivity contribution >= 4 is 54.9 Å². The molecule has 7 heteroatoms. The summed E-state index contributed by atoms with van der Waals surface area (Å²) in [6, 6.07) is 81.0. The second-order valence-electron chi connectivity index (χ2n) is 16.7. The van der Waals surface area contributed by atoms with Crippen LogP contribution in [-0.4, -0.2) is 29.3 Å². The van der Waals surface area contributed by atoms with Crippen LogP contribution in [0.4, 0.5) is 0 Å². The maximum atomic E-state index is 5.37. The maximum absolute atomic E-state index is 5.37. The van der Waals surface area contributed by atoms with Gasteiger partial charge in [-0.3, -0.25) is 9.13 Å². The van der Waals surface area contributed by atoms with Crippen molar-refractivity contribution in [3.63, 3.8) is 0 Å². The van der Waals surface area contributed by atoms with Crippen molar-refractivity contribution in [1.29, 1.82) is 0 Å². The molecule has 0 N–H and O–H groups in total. The highest BCUT2D eigenvalue weighted by Gasteiger charge is 2.22. The van der Waals surface area contributed by atoms with E-state index in [-0.39, 0.29) is 0 Å². The van der Waals surface area contributed by atoms with E-state index >= 15 is 0 Å². The Morgan fingerprint density at radius 1 is 0.299 bits per heavy atom. The molecule has 13 aromatic rings. The number of fused-ring (bicyclic) bond motifs is 6. The van der Waals surface area contributed by atoms with Gasteiger partial charge in [-0.1, -0.05) is 193 Å². The molecule has 0 radical (unpaired) electrons. The molecule has 0 aliphatic heterocycles. The first-order valence-corrected chi connectivity index (χ1v) is 23.2. The van der Waals surface area contributed by atoms with E-state index in [4.69, 9.17) is 20.2 Å². The number of nitrogens with zero attached hydrogens (tertiary/aromatic N) is 6. The number of pyridine rings is 2. The molecular weight excluding hydrogens is 837 g/mol. The summed E-state index contributed by atoms with van der Waals surface area (Å²) in [5.74, 6) is 1.70. The summed E-state index contributed by atoms with van der Waals surface area (Å²) >= 11 is 1.61. The molecule has 0 saturated carbocycles. The van der Waals surface area contributed by atoms with Crippen molar-refractivity contribution in [2.24, 2.45) is 0 Å². The van der Waals surface area contributed by atoms with E-state index in [0.29, 0.717) is 0 Å². The van der Waals surface area contributed by atoms with Crippen LogP contribution < -0.4 is 0 Å². The lowest BCUT2D eigenvalue weighted by molar-refractivity contribution is 1.08. The predicted octanol–water partition coefficient (Wildman–Crippen LogP) is 15.5. The minimum absolute atomic E-state index is 0.843. The molecule has 0 unspecified atom stereocenters. The standard InChI is InChI=1S/C60H38N6S/c1-5-18-39(19-6-1)44-34-50(41-22-9-3-10-23-41)61-56(37-44)65-53-30-16-14-27-48(53)58-49(28-17-31-54(58)65)60-64-63-59(67-60)43-32-33-47-46-26-13-15-29-52(46)66(55(47)36-43)57-38-45(40-20-7-2-8-21-40)35-51(62-57)42-24-11-4-12-25-42/h1-38H. The zero-order valence-electron chi connectivity index (χ0n) is 36.0. The Morgan fingerprint density at radius 3 is 1.36 bits per heavy atom. The summed E-state index contributed by atoms with van der Waals surface area (Å²) in [5.41, 5.74) is 14.7. The van der Waals surface area contributed by atoms with Gasteiger partial charge < -0.3 is 0 Å². The van der Waals surface area contributed by atoms with E-state index in [1.165, 1.54) is 0 Å². The van der Waals surface area contributed by atoms with Crippen molar-refractivity contribution < 1.29 is 0 Å². The Bertz CT molecular complexity index is 3850. The van der Waals surface area contributed by atoms with Gasteiger partial charge in [-0.2, -0.15) is 0 Å². The van der Waals surface area contributed by atoms with Crippen LogP contribution >= 0.6 is 11.3 Å². The zero-order valence-corrected chi connectivity index (χ0v) is 36.8. The number of rotatable bonds is 8. The molecule has 0 aliphatic carbocycles. The van der Waals surface area contributed by atoms with Crippen LogP contribution in [0.3, 0.4) is 0 Å². The molecular formula is C60H38N6S. The van der Waals surface area contributed by atoms with Gasteiger partial charge >= 0.3 is 0 Å². The molecule has 0 saturated heterocycles. The van der Waals surface area contributed by atoms with Crippen molar-refractivity contribution in [2.45, 2.75) is 0 Å². The molecule has 6 nitrogen and oxygen atoms in total. The second kappa shape index (κ2) is 16.0. The van der Waals surface area contributed by atoms with Gasteiger partial charge in [-0.15, -0.1) is 10.2 Å². The van der Waals surface area contributed by atoms with E-state index < -0.39 is 0 Å². The molecule has 67 heavy (non-hydrogen) atoms. The normalized spacial score (nSPS) is 11.6. The number of para-hydroxylation sites is 2. The van der Waals surface area contributed by atoms with Crippen LogP contribution in [0.15, 0.2) is 231 Å². The lowest BCUT2D eigenvalue weighted by atomic mass is 10.0. The molecule has 0 aliphatic rings. The Balaban J connectivity index is 0.961. The van der Waals surface area contributed by atoms with Gasteiger partial charge in [0.05, 0.1) is 33.5 Å². The summed E-state index contributed by atoms with van der Waals surface area (Å²) in [5, 5.41) is 16.1. The lowest BCUT2D eigenvalue weighted by Gasteiger charge is -2.13. The first-order chi connectivity index (χ1) is 33.2. The largest absolute Gasteiger partial charge is 0.294 e. The van der Waals surface area contributed by atoms with Crippen LogP contribution in [0.1, 0.15) is 0 Å². The van der Waals surface area contributed by atoms with Gasteiger partial charge in [0.15, 0.2) is 0 Å². The van der Waals surface area contributed by atoms with E-state index in [1.807, 2.05) is 12.1 Å². The highest BCUT2D eigenvalue weighted by atomic mass is 32.1. The van der Waals surface area contributed by atoms with Crippen molar-refractivity contribution in [3.8, 4) is 77.5 Å². The SMILES string of the molecule is c1ccc(-c2cc(-c3ccccc3)nc(-n3c4ccccc4c4ccc(-c5nnc(-c6cccc7c6c6ccccc6n7-c6cc(-c7ccccc7)cc(-c7ccccc7)n6)s5)cc43)c2)cc1. The number of hydrogen-bond acceptors (Lipinski definition) is 5. The first kappa shape index (κ1) is 38.7. The van der Waals surface area contributed by atoms with Gasteiger partial charge in [0.25, 0.3) is 0 Å². The maximum Gasteiger partial charge on any atom is 0.148 e. The molecule has 8 aromatic carbocycles. The highest BCUT2D eigenvalue weighted by Crippen LogP contribution is 2.42. The summed E-state index contributed by atoms with van der Waals surface area (Å²) < 4.78 is 4.60. The summed E-state index contributed by atoms with van der Waals surface area (Å²) in [7, 11) is 0. The van der Waals surface area contributed by atoms with Crippen LogP contribution in [0.5, 0.6) is 0 Å². The van der Waals surface area contributed by atoms with Crippen molar-refractivity contribution in [2.75, 3.05) is 0 Å². The molecule has 5 aromatic heterocycles. The summed E-state index contributed by atoms with van der Waals surface area (Å²) in [6.07, 6.45) is 0. The minimum Gasteiger partial charge on any atom is -0.294 e. The fourth-order valence-corrected chi connectivity index (χ4v) is 10.5. The van der Waals surface area contributed by atoms with E-state index in [9.17, 15) is 0 Å². The average Bonchev–Trinajstić information content (AvgIpc) is 4.13. The Hall–Kier alpha value is -8.78. The van der Waals surface area contributed by atoms with E-state index in [1.54, 1.807) is 11.3 Å². The quantitative estimate of drug-likeness (QED) is 0.153. The zero-order chi connectivity index (χ0) is 44.3. The van der Waals surface area contributed by atoms with Crippen LogP contribution in [0.25, 0.3) is 121 Å². The van der Waals surface area contributed by atoms with Crippen LogP contribution in [-0.2, 0) is 0 Å². The van der Waals surface area contributed by atoms with Crippen molar-refractivity contribution in [1.82, 2.24) is 29.3 Å². The van der Waals surface area contributed by atoms with Gasteiger partial charge in [0.1, 0.15) is 21.7 Å². The lowest BCUT2D eigenvalue weighted by Crippen LogP contribution is -2.00. The Morgan fingerprint density at radius 2 is 0.761 bits per heavy atom. The highest BCUT2D eigenvalue weighted by molar-refractivity contribution is 7.18. The van der Waals surface area contributed by atoms with E-state index in [2.05, 4.69) is 228 Å². The fraction of sp³-hybridized carbons (Fsp3) is 0. The molecule has 0 spiro atoms. The van der Waals surface area contributed by atoms with Gasteiger partial charge in [0.2, 0.25) is 0 Å². The average molecular weight is 875 g/mol. The smallest absolute Gasteiger partial charge is 0.148 e. The second-order valence-corrected chi connectivity index (χ2v) is 17.7. The van der Waals surface area contributed by atoms with Gasteiger partial charge in [-0.25, -0.2) is 9.97 Å².